The van der Waals surface area contributed by atoms with Crippen LogP contribution in [0, 0.1) is 5.41 Å². The molecule has 0 spiro atoms. The van der Waals surface area contributed by atoms with Gasteiger partial charge >= 0.3 is 0 Å². The number of carbonyl (C=O) groups is 1. The van der Waals surface area contributed by atoms with Gasteiger partial charge in [-0.15, -0.1) is 0 Å². The predicted molar refractivity (Wildman–Crippen MR) is 100 cm³/mol. The van der Waals surface area contributed by atoms with Crippen LogP contribution in [0.4, 0.5) is 11.6 Å². The number of halogens is 1. The number of aliphatic hydroxyl groups is 1. The number of hydrogen-bond donors (Lipinski definition) is 6. The fourth-order valence-electron chi connectivity index (χ4n) is 1.99. The Morgan fingerprint density at radius 2 is 1.81 bits per heavy atom. The Kier molecular flexibility index (Phi) is 10.3. The second-order valence-electron chi connectivity index (χ2n) is 5.49. The molecule has 0 saturated heterocycles. The van der Waals surface area contributed by atoms with Gasteiger partial charge in [-0.25, -0.2) is 9.97 Å². The maximum absolute atomic E-state index is 12.0. The van der Waals surface area contributed by atoms with Crippen LogP contribution >= 0.6 is 11.6 Å². The Morgan fingerprint density at radius 3 is 2.54 bits per heavy atom. The third kappa shape index (κ3) is 8.28. The SMILES string of the molecule is N=C(NCCCCCCOCCCO)NC(=O)c1nc(Cl)c(N)nc1N. The van der Waals surface area contributed by atoms with Crippen LogP contribution in [0.2, 0.25) is 5.15 Å². The predicted octanol–water partition coefficient (Wildman–Crippen LogP) is 0.508. The molecular weight excluding hydrogens is 362 g/mol. The Hall–Kier alpha value is -2.17. The molecule has 10 nitrogen and oxygen atoms in total. The Labute approximate surface area is 157 Å². The van der Waals surface area contributed by atoms with E-state index in [4.69, 9.17) is 38.3 Å². The number of carbonyl (C=O) groups excluding carboxylic acids is 1. The average molecular weight is 388 g/mol. The fraction of sp³-hybridized carbons (Fsp3) is 0.600. The first-order valence-corrected chi connectivity index (χ1v) is 8.74. The standard InChI is InChI=1S/C15H26ClN7O3/c16-11-13(18)22-12(17)10(21-11)14(25)23-15(19)20-6-3-1-2-4-8-26-9-5-7-24/h24H,1-9H2,(H4,17,18,22)(H3,19,20,23,25). The Bertz CT molecular complexity index is 601. The number of amides is 1. The van der Waals surface area contributed by atoms with Crippen LogP contribution in [-0.2, 0) is 4.74 Å². The van der Waals surface area contributed by atoms with Crippen LogP contribution in [0.1, 0.15) is 42.6 Å². The van der Waals surface area contributed by atoms with Crippen LogP contribution in [-0.4, -0.2) is 53.3 Å². The molecule has 0 aliphatic carbocycles. The first-order valence-electron chi connectivity index (χ1n) is 8.36. The molecule has 146 valence electrons. The minimum absolute atomic E-state index is 0.0623. The van der Waals surface area contributed by atoms with Gasteiger partial charge in [0.15, 0.2) is 28.4 Å². The van der Waals surface area contributed by atoms with Crippen molar-refractivity contribution in [2.24, 2.45) is 0 Å². The number of nitrogens with one attached hydrogen (secondary N) is 3. The fourth-order valence-corrected chi connectivity index (χ4v) is 2.12. The lowest BCUT2D eigenvalue weighted by Gasteiger charge is -2.10. The van der Waals surface area contributed by atoms with Gasteiger partial charge in [0, 0.05) is 26.4 Å². The third-order valence-corrected chi connectivity index (χ3v) is 3.60. The summed E-state index contributed by atoms with van der Waals surface area (Å²) in [7, 11) is 0. The molecule has 1 heterocycles. The van der Waals surface area contributed by atoms with E-state index in [1.165, 1.54) is 0 Å². The highest BCUT2D eigenvalue weighted by atomic mass is 35.5. The van der Waals surface area contributed by atoms with Crippen molar-refractivity contribution in [3.63, 3.8) is 0 Å². The van der Waals surface area contributed by atoms with Crippen molar-refractivity contribution in [2.75, 3.05) is 37.8 Å². The third-order valence-electron chi connectivity index (χ3n) is 3.32. The number of rotatable bonds is 11. The number of ether oxygens (including phenoxy) is 1. The van der Waals surface area contributed by atoms with Crippen molar-refractivity contribution in [3.8, 4) is 0 Å². The number of nitrogen functional groups attached to an aromatic ring is 2. The van der Waals surface area contributed by atoms with E-state index in [0.29, 0.717) is 26.2 Å². The molecule has 0 saturated carbocycles. The lowest BCUT2D eigenvalue weighted by Crippen LogP contribution is -2.41. The highest BCUT2D eigenvalue weighted by Crippen LogP contribution is 2.17. The molecule has 11 heteroatoms. The smallest absolute Gasteiger partial charge is 0.280 e. The zero-order valence-electron chi connectivity index (χ0n) is 14.6. The highest BCUT2D eigenvalue weighted by Gasteiger charge is 2.16. The number of aromatic nitrogens is 2. The lowest BCUT2D eigenvalue weighted by molar-refractivity contribution is 0.0971. The van der Waals surface area contributed by atoms with Gasteiger partial charge in [-0.3, -0.25) is 15.5 Å². The summed E-state index contributed by atoms with van der Waals surface area (Å²) in [5.41, 5.74) is 10.9. The van der Waals surface area contributed by atoms with Gasteiger partial charge < -0.3 is 26.6 Å². The number of nitrogens with zero attached hydrogens (tertiary/aromatic N) is 2. The molecule has 0 aliphatic heterocycles. The monoisotopic (exact) mass is 387 g/mol. The van der Waals surface area contributed by atoms with E-state index >= 15 is 0 Å². The zero-order valence-corrected chi connectivity index (χ0v) is 15.3. The summed E-state index contributed by atoms with van der Waals surface area (Å²) in [6, 6.07) is 0. The van der Waals surface area contributed by atoms with Crippen LogP contribution in [0.15, 0.2) is 0 Å². The molecule has 1 aromatic rings. The highest BCUT2D eigenvalue weighted by molar-refractivity contribution is 6.31. The molecule has 8 N–H and O–H groups in total. The quantitative estimate of drug-likeness (QED) is 0.181. The molecule has 0 aromatic carbocycles. The van der Waals surface area contributed by atoms with Gasteiger partial charge in [0.25, 0.3) is 5.91 Å². The summed E-state index contributed by atoms with van der Waals surface area (Å²) >= 11 is 5.72. The summed E-state index contributed by atoms with van der Waals surface area (Å²) in [6.07, 6.45) is 4.46. The van der Waals surface area contributed by atoms with E-state index in [1.807, 2.05) is 0 Å². The molecule has 0 fully saturated rings. The van der Waals surface area contributed by atoms with Gasteiger partial charge in [0.1, 0.15) is 0 Å². The van der Waals surface area contributed by atoms with Gasteiger partial charge in [0.2, 0.25) is 0 Å². The van der Waals surface area contributed by atoms with Crippen molar-refractivity contribution in [2.45, 2.75) is 32.1 Å². The van der Waals surface area contributed by atoms with Gasteiger partial charge in [-0.2, -0.15) is 0 Å². The van der Waals surface area contributed by atoms with E-state index in [0.717, 1.165) is 25.7 Å². The topological polar surface area (TPSA) is 172 Å². The van der Waals surface area contributed by atoms with Crippen LogP contribution in [0.5, 0.6) is 0 Å². The number of guanidine groups is 1. The van der Waals surface area contributed by atoms with Crippen molar-refractivity contribution in [1.82, 2.24) is 20.6 Å². The van der Waals surface area contributed by atoms with Crippen molar-refractivity contribution >= 4 is 35.1 Å². The molecule has 1 amide bonds. The molecule has 26 heavy (non-hydrogen) atoms. The minimum Gasteiger partial charge on any atom is -0.396 e. The molecule has 1 rings (SSSR count). The summed E-state index contributed by atoms with van der Waals surface area (Å²) in [5.74, 6) is -1.06. The number of nitrogens with two attached hydrogens (primary N) is 2. The summed E-state index contributed by atoms with van der Waals surface area (Å²) in [4.78, 5) is 19.5. The van der Waals surface area contributed by atoms with Crippen molar-refractivity contribution < 1.29 is 14.6 Å². The largest absolute Gasteiger partial charge is 0.396 e. The molecule has 1 aromatic heterocycles. The number of unbranched alkanes of at least 4 members (excludes halogenated alkanes) is 3. The van der Waals surface area contributed by atoms with Crippen molar-refractivity contribution in [1.29, 1.82) is 5.41 Å². The van der Waals surface area contributed by atoms with E-state index in [-0.39, 0.29) is 35.0 Å². The van der Waals surface area contributed by atoms with Crippen LogP contribution < -0.4 is 22.1 Å². The number of aliphatic hydroxyl groups excluding tert-OH is 1. The molecule has 0 bridgehead atoms. The van der Waals surface area contributed by atoms with Crippen molar-refractivity contribution in [3.05, 3.63) is 10.8 Å². The maximum Gasteiger partial charge on any atom is 0.280 e. The molecule has 0 atom stereocenters. The van der Waals surface area contributed by atoms with E-state index in [9.17, 15) is 4.79 Å². The zero-order chi connectivity index (χ0) is 19.4. The Morgan fingerprint density at radius 1 is 1.12 bits per heavy atom. The normalized spacial score (nSPS) is 10.5. The lowest BCUT2D eigenvalue weighted by atomic mass is 10.2. The maximum atomic E-state index is 12.0. The molecule has 0 radical (unpaired) electrons. The van der Waals surface area contributed by atoms with E-state index < -0.39 is 5.91 Å². The first kappa shape index (κ1) is 21.9. The minimum atomic E-state index is -0.686. The van der Waals surface area contributed by atoms with E-state index in [1.54, 1.807) is 0 Å². The van der Waals surface area contributed by atoms with Gasteiger partial charge in [0.05, 0.1) is 0 Å². The van der Waals surface area contributed by atoms with Gasteiger partial charge in [-0.05, 0) is 19.3 Å². The van der Waals surface area contributed by atoms with E-state index in [2.05, 4.69) is 20.6 Å². The van der Waals surface area contributed by atoms with Crippen LogP contribution in [0.25, 0.3) is 0 Å². The van der Waals surface area contributed by atoms with Gasteiger partial charge in [-0.1, -0.05) is 24.4 Å². The summed E-state index contributed by atoms with van der Waals surface area (Å²) in [6.45, 7) is 1.97. The molecule has 0 aliphatic rings. The second kappa shape index (κ2) is 12.2. The number of anilines is 2. The number of hydrogen-bond acceptors (Lipinski definition) is 8. The van der Waals surface area contributed by atoms with Crippen LogP contribution in [0.3, 0.4) is 0 Å². The first-order chi connectivity index (χ1) is 12.5. The second-order valence-corrected chi connectivity index (χ2v) is 5.85. The molecule has 0 unspecified atom stereocenters. The summed E-state index contributed by atoms with van der Waals surface area (Å²) < 4.78 is 5.33. The molecular formula is C15H26ClN7O3. The summed E-state index contributed by atoms with van der Waals surface area (Å²) in [5, 5.41) is 21.3. The Balaban J connectivity index is 2.17. The average Bonchev–Trinajstić information content (AvgIpc) is 2.59.